The smallest absolute Gasteiger partial charge is 0.341 e. The summed E-state index contributed by atoms with van der Waals surface area (Å²) in [4.78, 5) is 30.6. The summed E-state index contributed by atoms with van der Waals surface area (Å²) in [6.45, 7) is 3.43. The average molecular weight is 484 g/mol. The number of aromatic nitrogens is 1. The van der Waals surface area contributed by atoms with Crippen LogP contribution in [-0.2, 0) is 22.6 Å². The van der Waals surface area contributed by atoms with E-state index in [1.807, 2.05) is 24.3 Å². The predicted molar refractivity (Wildman–Crippen MR) is 121 cm³/mol. The fourth-order valence-corrected chi connectivity index (χ4v) is 4.25. The molecule has 2 aromatic carbocycles. The average Bonchev–Trinajstić information content (AvgIpc) is 3.18. The zero-order chi connectivity index (χ0) is 21.8. The first-order valence-electron chi connectivity index (χ1n) is 8.96. The van der Waals surface area contributed by atoms with Crippen LogP contribution in [0.5, 0.6) is 0 Å². The lowest BCUT2D eigenvalue weighted by atomic mass is 10.1. The van der Waals surface area contributed by atoms with Crippen molar-refractivity contribution in [3.05, 3.63) is 73.7 Å². The van der Waals surface area contributed by atoms with Crippen molar-refractivity contribution in [1.82, 2.24) is 4.98 Å². The summed E-state index contributed by atoms with van der Waals surface area (Å²) in [6, 6.07) is 10.7. The second-order valence-electron chi connectivity index (χ2n) is 6.29. The first kappa shape index (κ1) is 22.6. The van der Waals surface area contributed by atoms with Gasteiger partial charge in [-0.2, -0.15) is 0 Å². The quantitative estimate of drug-likeness (QED) is 0.289. The molecule has 0 radical (unpaired) electrons. The molecule has 30 heavy (non-hydrogen) atoms. The molecule has 0 aliphatic rings. The third-order valence-electron chi connectivity index (χ3n) is 4.25. The number of hydrogen-bond acceptors (Lipinski definition) is 5. The van der Waals surface area contributed by atoms with Gasteiger partial charge in [0.2, 0.25) is 5.91 Å². The highest BCUT2D eigenvalue weighted by Gasteiger charge is 2.21. The summed E-state index contributed by atoms with van der Waals surface area (Å²) in [5, 5.41) is 2.59. The van der Waals surface area contributed by atoms with E-state index >= 15 is 0 Å². The molecular formula is C21H17Cl3N2O3S. The van der Waals surface area contributed by atoms with Crippen molar-refractivity contribution in [2.75, 3.05) is 4.90 Å². The van der Waals surface area contributed by atoms with Crippen molar-refractivity contribution in [2.24, 2.45) is 0 Å². The Bertz CT molecular complexity index is 1080. The molecule has 9 heteroatoms. The molecule has 1 heterocycles. The van der Waals surface area contributed by atoms with Gasteiger partial charge in [-0.15, -0.1) is 11.3 Å². The lowest BCUT2D eigenvalue weighted by Crippen LogP contribution is -2.22. The number of aryl methyl sites for hydroxylation is 1. The minimum absolute atomic E-state index is 0.00247. The van der Waals surface area contributed by atoms with Gasteiger partial charge in [0.15, 0.2) is 5.13 Å². The Morgan fingerprint density at radius 1 is 1.07 bits per heavy atom. The van der Waals surface area contributed by atoms with Crippen LogP contribution in [0.15, 0.2) is 41.8 Å². The summed E-state index contributed by atoms with van der Waals surface area (Å²) in [5.41, 5.74) is 2.39. The third-order valence-corrected chi connectivity index (χ3v) is 6.24. The number of esters is 1. The molecule has 0 saturated carbocycles. The fourth-order valence-electron chi connectivity index (χ4n) is 2.70. The standard InChI is InChI=1S/C21H17Cl3N2O3S/c1-3-13-4-6-15(7-5-13)26(12(2)27)21-25-14(11-30-21)10-29-20(28)18-16(22)8-9-17(23)19(18)24/h4-9,11H,3,10H2,1-2H3. The molecule has 1 aromatic heterocycles. The highest BCUT2D eigenvalue weighted by atomic mass is 35.5. The number of amides is 1. The van der Waals surface area contributed by atoms with Crippen LogP contribution in [0.4, 0.5) is 10.8 Å². The molecule has 0 unspecified atom stereocenters. The van der Waals surface area contributed by atoms with Crippen LogP contribution in [0, 0.1) is 0 Å². The van der Waals surface area contributed by atoms with Gasteiger partial charge in [-0.25, -0.2) is 9.78 Å². The highest BCUT2D eigenvalue weighted by molar-refractivity contribution is 7.14. The van der Waals surface area contributed by atoms with Crippen LogP contribution in [0.1, 0.15) is 35.5 Å². The van der Waals surface area contributed by atoms with Crippen LogP contribution in [0.2, 0.25) is 15.1 Å². The summed E-state index contributed by atoms with van der Waals surface area (Å²) in [5.74, 6) is -0.879. The van der Waals surface area contributed by atoms with Gasteiger partial charge >= 0.3 is 5.97 Å². The summed E-state index contributed by atoms with van der Waals surface area (Å²) in [7, 11) is 0. The number of hydrogen-bond donors (Lipinski definition) is 0. The number of anilines is 2. The first-order chi connectivity index (χ1) is 14.3. The third kappa shape index (κ3) is 4.95. The van der Waals surface area contributed by atoms with Gasteiger partial charge < -0.3 is 4.74 Å². The maximum atomic E-state index is 12.4. The van der Waals surface area contributed by atoms with Gasteiger partial charge in [0.05, 0.1) is 32.0 Å². The topological polar surface area (TPSA) is 59.5 Å². The van der Waals surface area contributed by atoms with Gasteiger partial charge in [-0.3, -0.25) is 9.69 Å². The Balaban J connectivity index is 1.76. The van der Waals surface area contributed by atoms with Crippen LogP contribution in [-0.4, -0.2) is 16.9 Å². The Labute approximate surface area is 193 Å². The predicted octanol–water partition coefficient (Wildman–Crippen LogP) is 6.71. The minimum atomic E-state index is -0.708. The molecule has 5 nitrogen and oxygen atoms in total. The summed E-state index contributed by atoms with van der Waals surface area (Å²) in [6.07, 6.45) is 0.910. The maximum Gasteiger partial charge on any atom is 0.341 e. The van der Waals surface area contributed by atoms with E-state index in [1.54, 1.807) is 5.38 Å². The molecule has 0 spiro atoms. The van der Waals surface area contributed by atoms with Crippen molar-refractivity contribution in [3.8, 4) is 0 Å². The van der Waals surface area contributed by atoms with E-state index in [2.05, 4.69) is 11.9 Å². The number of ether oxygens (including phenoxy) is 1. The van der Waals surface area contributed by atoms with E-state index in [9.17, 15) is 9.59 Å². The molecule has 3 aromatic rings. The molecule has 0 saturated heterocycles. The van der Waals surface area contributed by atoms with E-state index in [0.29, 0.717) is 10.8 Å². The Morgan fingerprint density at radius 3 is 2.37 bits per heavy atom. The molecule has 0 bridgehead atoms. The van der Waals surface area contributed by atoms with Crippen LogP contribution in [0.3, 0.4) is 0 Å². The highest BCUT2D eigenvalue weighted by Crippen LogP contribution is 2.33. The van der Waals surface area contributed by atoms with Crippen LogP contribution < -0.4 is 4.90 Å². The van der Waals surface area contributed by atoms with E-state index in [1.165, 1.54) is 40.9 Å². The van der Waals surface area contributed by atoms with Crippen molar-refractivity contribution in [1.29, 1.82) is 0 Å². The lowest BCUT2D eigenvalue weighted by Gasteiger charge is -2.18. The van der Waals surface area contributed by atoms with E-state index < -0.39 is 5.97 Å². The second-order valence-corrected chi connectivity index (χ2v) is 8.32. The van der Waals surface area contributed by atoms with Crippen molar-refractivity contribution in [3.63, 3.8) is 0 Å². The number of nitrogens with zero attached hydrogens (tertiary/aromatic N) is 2. The Kier molecular flexibility index (Phi) is 7.36. The zero-order valence-electron chi connectivity index (χ0n) is 16.1. The molecule has 0 atom stereocenters. The van der Waals surface area contributed by atoms with Crippen molar-refractivity contribution >= 4 is 68.8 Å². The van der Waals surface area contributed by atoms with Gasteiger partial charge in [-0.05, 0) is 36.2 Å². The number of rotatable bonds is 6. The molecule has 0 N–H and O–H groups in total. The molecule has 156 valence electrons. The summed E-state index contributed by atoms with van der Waals surface area (Å²) < 4.78 is 5.29. The van der Waals surface area contributed by atoms with Crippen molar-refractivity contribution in [2.45, 2.75) is 26.9 Å². The van der Waals surface area contributed by atoms with E-state index in [4.69, 9.17) is 39.5 Å². The minimum Gasteiger partial charge on any atom is -0.455 e. The first-order valence-corrected chi connectivity index (χ1v) is 11.0. The van der Waals surface area contributed by atoms with Gasteiger partial charge in [0, 0.05) is 12.3 Å². The van der Waals surface area contributed by atoms with E-state index in [-0.39, 0.29) is 33.1 Å². The lowest BCUT2D eigenvalue weighted by molar-refractivity contribution is -0.115. The molecule has 0 aliphatic heterocycles. The van der Waals surface area contributed by atoms with Gasteiger partial charge in [0.1, 0.15) is 6.61 Å². The SMILES string of the molecule is CCc1ccc(N(C(C)=O)c2nc(COC(=O)c3c(Cl)ccc(Cl)c3Cl)cs2)cc1. The zero-order valence-corrected chi connectivity index (χ0v) is 19.2. The Morgan fingerprint density at radius 2 is 1.73 bits per heavy atom. The molecule has 0 aliphatic carbocycles. The molecular weight excluding hydrogens is 467 g/mol. The van der Waals surface area contributed by atoms with Gasteiger partial charge in [0.25, 0.3) is 0 Å². The normalized spacial score (nSPS) is 10.7. The largest absolute Gasteiger partial charge is 0.455 e. The van der Waals surface area contributed by atoms with Crippen LogP contribution in [0.25, 0.3) is 0 Å². The number of thiazole rings is 1. The number of carbonyl (C=O) groups is 2. The maximum absolute atomic E-state index is 12.4. The second kappa shape index (κ2) is 9.79. The monoisotopic (exact) mass is 482 g/mol. The Hall–Kier alpha value is -2.12. The fraction of sp³-hybridized carbons (Fsp3) is 0.190. The van der Waals surface area contributed by atoms with Gasteiger partial charge in [-0.1, -0.05) is 53.9 Å². The van der Waals surface area contributed by atoms with Crippen molar-refractivity contribution < 1.29 is 14.3 Å². The molecule has 1 amide bonds. The number of benzene rings is 2. The van der Waals surface area contributed by atoms with Crippen LogP contribution >= 0.6 is 46.1 Å². The molecule has 3 rings (SSSR count). The molecule has 0 fully saturated rings. The van der Waals surface area contributed by atoms with E-state index in [0.717, 1.165) is 12.1 Å². The number of halogens is 3. The summed E-state index contributed by atoms with van der Waals surface area (Å²) >= 11 is 19.3. The number of carbonyl (C=O) groups excluding carboxylic acids is 2.